The molecule has 2 aromatic carbocycles. The van der Waals surface area contributed by atoms with Crippen molar-refractivity contribution >= 4 is 0 Å². The monoisotopic (exact) mass is 230 g/mol. The molecule has 18 heavy (non-hydrogen) atoms. The molecule has 0 fully saturated rings. The Morgan fingerprint density at radius 1 is 0.778 bits per heavy atom. The molecule has 1 nitrogen and oxygen atoms in total. The topological polar surface area (TPSA) is 12.9 Å². The summed E-state index contributed by atoms with van der Waals surface area (Å²) in [5, 5.41) is 0. The molecule has 0 bridgehead atoms. The fourth-order valence-electron chi connectivity index (χ4n) is 1.94. The van der Waals surface area contributed by atoms with Crippen molar-refractivity contribution < 1.29 is 0 Å². The quantitative estimate of drug-likeness (QED) is 0.642. The molecule has 0 unspecified atom stereocenters. The fourth-order valence-corrected chi connectivity index (χ4v) is 1.94. The highest BCUT2D eigenvalue weighted by Gasteiger charge is 2.01. The van der Waals surface area contributed by atoms with E-state index >= 15 is 0 Å². The lowest BCUT2D eigenvalue weighted by Crippen LogP contribution is -1.85. The van der Waals surface area contributed by atoms with Gasteiger partial charge in [-0.2, -0.15) is 0 Å². The third-order valence-electron chi connectivity index (χ3n) is 2.85. The van der Waals surface area contributed by atoms with Crippen LogP contribution in [0, 0.1) is 6.07 Å². The predicted octanol–water partition coefficient (Wildman–Crippen LogP) is 4.22. The summed E-state index contributed by atoms with van der Waals surface area (Å²) in [5.41, 5.74) is 4.36. The second-order valence-electron chi connectivity index (χ2n) is 4.07. The van der Waals surface area contributed by atoms with Gasteiger partial charge < -0.3 is 0 Å². The van der Waals surface area contributed by atoms with Crippen molar-refractivity contribution in [1.82, 2.24) is 4.98 Å². The lowest BCUT2D eigenvalue weighted by Gasteiger charge is -2.04. The standard InChI is InChI=1S/C17H12N/c1-3-7-14(8-4-1)16-11-12-18-17(13-16)15-9-5-2-6-10-15/h1-9,11-13H. The zero-order chi connectivity index (χ0) is 12.2. The smallest absolute Gasteiger partial charge is 0.0714 e. The fraction of sp³-hybridized carbons (Fsp3) is 0. The van der Waals surface area contributed by atoms with Crippen LogP contribution in [0.1, 0.15) is 0 Å². The molecule has 0 aliphatic rings. The molecule has 3 aromatic rings. The van der Waals surface area contributed by atoms with E-state index < -0.39 is 0 Å². The van der Waals surface area contributed by atoms with Gasteiger partial charge in [0.2, 0.25) is 0 Å². The van der Waals surface area contributed by atoms with Crippen molar-refractivity contribution in [2.75, 3.05) is 0 Å². The summed E-state index contributed by atoms with van der Waals surface area (Å²) >= 11 is 0. The predicted molar refractivity (Wildman–Crippen MR) is 73.9 cm³/mol. The molecule has 85 valence electrons. The number of aromatic nitrogens is 1. The van der Waals surface area contributed by atoms with E-state index in [1.807, 2.05) is 54.7 Å². The first-order valence-electron chi connectivity index (χ1n) is 5.92. The first kappa shape index (κ1) is 10.7. The number of hydrogen-bond donors (Lipinski definition) is 0. The maximum absolute atomic E-state index is 4.40. The molecule has 0 N–H and O–H groups in total. The second-order valence-corrected chi connectivity index (χ2v) is 4.07. The van der Waals surface area contributed by atoms with Gasteiger partial charge in [0.05, 0.1) is 5.69 Å². The van der Waals surface area contributed by atoms with Gasteiger partial charge in [0.15, 0.2) is 0 Å². The van der Waals surface area contributed by atoms with Crippen LogP contribution in [-0.2, 0) is 0 Å². The second kappa shape index (κ2) is 4.84. The van der Waals surface area contributed by atoms with E-state index in [2.05, 4.69) is 29.2 Å². The molecule has 3 rings (SSSR count). The van der Waals surface area contributed by atoms with Crippen LogP contribution in [0.4, 0.5) is 0 Å². The van der Waals surface area contributed by atoms with Crippen molar-refractivity contribution in [2.24, 2.45) is 0 Å². The van der Waals surface area contributed by atoms with E-state index in [-0.39, 0.29) is 0 Å². The molecule has 1 heteroatoms. The Bertz CT molecular complexity index is 575. The minimum absolute atomic E-state index is 0.956. The summed E-state index contributed by atoms with van der Waals surface area (Å²) in [6.07, 6.45) is 1.85. The molecular formula is C17H12N. The Balaban J connectivity index is 2.05. The van der Waals surface area contributed by atoms with E-state index in [4.69, 9.17) is 0 Å². The number of hydrogen-bond acceptors (Lipinski definition) is 1. The Morgan fingerprint density at radius 3 is 2.39 bits per heavy atom. The van der Waals surface area contributed by atoms with Gasteiger partial charge in [0.1, 0.15) is 0 Å². The summed E-state index contributed by atoms with van der Waals surface area (Å²) in [6, 6.07) is 25.6. The average molecular weight is 230 g/mol. The van der Waals surface area contributed by atoms with Crippen LogP contribution in [-0.4, -0.2) is 4.98 Å². The van der Waals surface area contributed by atoms with Crippen LogP contribution in [0.5, 0.6) is 0 Å². The number of pyridine rings is 1. The molecule has 0 atom stereocenters. The van der Waals surface area contributed by atoms with Crippen LogP contribution in [0.2, 0.25) is 0 Å². The molecule has 0 aliphatic carbocycles. The Morgan fingerprint density at radius 2 is 1.61 bits per heavy atom. The van der Waals surface area contributed by atoms with Gasteiger partial charge in [0, 0.05) is 11.8 Å². The van der Waals surface area contributed by atoms with E-state index in [1.165, 1.54) is 11.1 Å². The lowest BCUT2D eigenvalue weighted by molar-refractivity contribution is 1.32. The summed E-state index contributed by atoms with van der Waals surface area (Å²) in [4.78, 5) is 4.40. The zero-order valence-electron chi connectivity index (χ0n) is 9.88. The number of benzene rings is 2. The van der Waals surface area contributed by atoms with Crippen molar-refractivity contribution in [3.63, 3.8) is 0 Å². The van der Waals surface area contributed by atoms with Gasteiger partial charge in [-0.1, -0.05) is 54.6 Å². The van der Waals surface area contributed by atoms with Gasteiger partial charge in [-0.3, -0.25) is 4.98 Å². The highest BCUT2D eigenvalue weighted by Crippen LogP contribution is 2.23. The molecule has 0 saturated carbocycles. The molecular weight excluding hydrogens is 218 g/mol. The average Bonchev–Trinajstić information content (AvgIpc) is 2.49. The summed E-state index contributed by atoms with van der Waals surface area (Å²) in [6.45, 7) is 0. The normalized spacial score (nSPS) is 10.2. The van der Waals surface area contributed by atoms with Crippen molar-refractivity contribution in [3.8, 4) is 22.4 Å². The maximum atomic E-state index is 4.40. The molecule has 0 aliphatic heterocycles. The first-order valence-corrected chi connectivity index (χ1v) is 5.92. The Kier molecular flexibility index (Phi) is 2.89. The maximum Gasteiger partial charge on any atom is 0.0714 e. The molecule has 1 heterocycles. The van der Waals surface area contributed by atoms with E-state index in [0.29, 0.717) is 0 Å². The van der Waals surface area contributed by atoms with Crippen LogP contribution >= 0.6 is 0 Å². The summed E-state index contributed by atoms with van der Waals surface area (Å²) in [5.74, 6) is 0. The largest absolute Gasteiger partial charge is 0.256 e. The minimum Gasteiger partial charge on any atom is -0.256 e. The van der Waals surface area contributed by atoms with Crippen LogP contribution < -0.4 is 0 Å². The van der Waals surface area contributed by atoms with Gasteiger partial charge >= 0.3 is 0 Å². The van der Waals surface area contributed by atoms with Crippen molar-refractivity contribution in [1.29, 1.82) is 0 Å². The van der Waals surface area contributed by atoms with E-state index in [9.17, 15) is 0 Å². The summed E-state index contributed by atoms with van der Waals surface area (Å²) in [7, 11) is 0. The van der Waals surface area contributed by atoms with Gasteiger partial charge in [-0.05, 0) is 29.3 Å². The highest BCUT2D eigenvalue weighted by molar-refractivity contribution is 5.69. The Labute approximate surface area is 107 Å². The van der Waals surface area contributed by atoms with Crippen molar-refractivity contribution in [3.05, 3.63) is 79.0 Å². The van der Waals surface area contributed by atoms with Crippen LogP contribution in [0.25, 0.3) is 22.4 Å². The van der Waals surface area contributed by atoms with Gasteiger partial charge in [-0.15, -0.1) is 0 Å². The minimum atomic E-state index is 0.956. The number of nitrogens with zero attached hydrogens (tertiary/aromatic N) is 1. The Hall–Kier alpha value is -2.41. The molecule has 0 saturated heterocycles. The van der Waals surface area contributed by atoms with Crippen molar-refractivity contribution in [2.45, 2.75) is 0 Å². The van der Waals surface area contributed by atoms with E-state index in [1.54, 1.807) is 0 Å². The van der Waals surface area contributed by atoms with Gasteiger partial charge in [0.25, 0.3) is 0 Å². The molecule has 0 amide bonds. The third kappa shape index (κ3) is 2.16. The van der Waals surface area contributed by atoms with E-state index in [0.717, 1.165) is 11.3 Å². The first-order chi connectivity index (χ1) is 8.93. The molecule has 1 radical (unpaired) electrons. The lowest BCUT2D eigenvalue weighted by atomic mass is 10.0. The van der Waals surface area contributed by atoms with Gasteiger partial charge in [-0.25, -0.2) is 0 Å². The molecule has 0 spiro atoms. The SMILES string of the molecule is [c]1ccccc1-c1cc(-c2ccccc2)ccn1. The zero-order valence-corrected chi connectivity index (χ0v) is 9.88. The third-order valence-corrected chi connectivity index (χ3v) is 2.85. The molecule has 1 aromatic heterocycles. The van der Waals surface area contributed by atoms with Crippen LogP contribution in [0.15, 0.2) is 72.9 Å². The number of rotatable bonds is 2. The highest BCUT2D eigenvalue weighted by atomic mass is 14.7. The van der Waals surface area contributed by atoms with Crippen LogP contribution in [0.3, 0.4) is 0 Å². The summed E-state index contributed by atoms with van der Waals surface area (Å²) < 4.78 is 0.